The molecule has 0 aliphatic carbocycles. The van der Waals surface area contributed by atoms with E-state index in [1.807, 2.05) is 42.5 Å². The van der Waals surface area contributed by atoms with E-state index in [1.54, 1.807) is 7.11 Å². The second-order valence-corrected chi connectivity index (χ2v) is 4.96. The van der Waals surface area contributed by atoms with Gasteiger partial charge in [0.15, 0.2) is 0 Å². The lowest BCUT2D eigenvalue weighted by atomic mass is 9.91. The van der Waals surface area contributed by atoms with Gasteiger partial charge in [-0.15, -0.1) is 0 Å². The summed E-state index contributed by atoms with van der Waals surface area (Å²) in [6.07, 6.45) is -0.101. The minimum Gasteiger partial charge on any atom is -0.497 e. The first-order valence-corrected chi connectivity index (χ1v) is 6.81. The number of hydrogen-bond donors (Lipinski definition) is 1. The molecule has 2 aromatic rings. The largest absolute Gasteiger partial charge is 0.497 e. The van der Waals surface area contributed by atoms with Crippen LogP contribution in [-0.2, 0) is 11.2 Å². The van der Waals surface area contributed by atoms with Gasteiger partial charge in [-0.25, -0.2) is 0 Å². The Hall–Kier alpha value is -1.84. The predicted molar refractivity (Wildman–Crippen MR) is 76.8 cm³/mol. The van der Waals surface area contributed by atoms with E-state index in [9.17, 15) is 5.11 Å². The summed E-state index contributed by atoms with van der Waals surface area (Å²) in [5.74, 6) is 0.741. The van der Waals surface area contributed by atoms with Gasteiger partial charge in [0.05, 0.1) is 13.7 Å². The van der Waals surface area contributed by atoms with Gasteiger partial charge >= 0.3 is 0 Å². The summed E-state index contributed by atoms with van der Waals surface area (Å²) >= 11 is 0. The summed E-state index contributed by atoms with van der Waals surface area (Å²) in [5, 5.41) is 10.6. The first-order valence-electron chi connectivity index (χ1n) is 6.81. The number of fused-ring (bicyclic) bond motifs is 1. The Balaban J connectivity index is 1.93. The van der Waals surface area contributed by atoms with Crippen LogP contribution in [0.1, 0.15) is 28.9 Å². The summed E-state index contributed by atoms with van der Waals surface area (Å²) < 4.78 is 11.0. The quantitative estimate of drug-likeness (QED) is 0.931. The van der Waals surface area contributed by atoms with Gasteiger partial charge in [-0.05, 0) is 35.2 Å². The summed E-state index contributed by atoms with van der Waals surface area (Å²) in [7, 11) is 1.62. The fourth-order valence-corrected chi connectivity index (χ4v) is 2.69. The van der Waals surface area contributed by atoms with Gasteiger partial charge in [0.1, 0.15) is 18.0 Å². The van der Waals surface area contributed by atoms with Gasteiger partial charge in [-0.1, -0.05) is 36.4 Å². The van der Waals surface area contributed by atoms with Crippen molar-refractivity contribution < 1.29 is 14.6 Å². The SMILES string of the molecule is COc1cccc(C(O)C2OCCc3ccccc32)c1. The van der Waals surface area contributed by atoms with Crippen molar-refractivity contribution in [3.63, 3.8) is 0 Å². The molecule has 2 aromatic carbocycles. The van der Waals surface area contributed by atoms with Crippen molar-refractivity contribution in [2.45, 2.75) is 18.6 Å². The van der Waals surface area contributed by atoms with Crippen LogP contribution in [-0.4, -0.2) is 18.8 Å². The number of rotatable bonds is 3. The average Bonchev–Trinajstić information content (AvgIpc) is 2.53. The lowest BCUT2D eigenvalue weighted by Crippen LogP contribution is -2.22. The minimum atomic E-state index is -0.688. The minimum absolute atomic E-state index is 0.313. The first-order chi connectivity index (χ1) is 9.79. The lowest BCUT2D eigenvalue weighted by molar-refractivity contribution is -0.0483. The second-order valence-electron chi connectivity index (χ2n) is 4.96. The molecule has 2 unspecified atom stereocenters. The standard InChI is InChI=1S/C17H18O3/c1-19-14-7-4-6-13(11-14)16(18)17-15-8-3-2-5-12(15)9-10-20-17/h2-8,11,16-18H,9-10H2,1H3. The molecule has 3 nitrogen and oxygen atoms in total. The van der Waals surface area contributed by atoms with E-state index in [0.29, 0.717) is 6.61 Å². The van der Waals surface area contributed by atoms with Crippen molar-refractivity contribution in [2.24, 2.45) is 0 Å². The Kier molecular flexibility index (Phi) is 3.72. The van der Waals surface area contributed by atoms with Crippen molar-refractivity contribution in [3.05, 3.63) is 65.2 Å². The molecule has 0 saturated carbocycles. The van der Waals surface area contributed by atoms with Gasteiger partial charge in [-0.3, -0.25) is 0 Å². The highest BCUT2D eigenvalue weighted by Crippen LogP contribution is 2.37. The topological polar surface area (TPSA) is 38.7 Å². The van der Waals surface area contributed by atoms with Gasteiger partial charge in [0, 0.05) is 0 Å². The molecule has 20 heavy (non-hydrogen) atoms. The highest BCUT2D eigenvalue weighted by atomic mass is 16.5. The van der Waals surface area contributed by atoms with Crippen LogP contribution in [0.25, 0.3) is 0 Å². The third-order valence-electron chi connectivity index (χ3n) is 3.75. The van der Waals surface area contributed by atoms with Crippen molar-refractivity contribution in [1.82, 2.24) is 0 Å². The number of benzene rings is 2. The van der Waals surface area contributed by atoms with E-state index < -0.39 is 6.10 Å². The summed E-state index contributed by atoms with van der Waals surface area (Å²) in [6.45, 7) is 0.642. The zero-order chi connectivity index (χ0) is 13.9. The monoisotopic (exact) mass is 270 g/mol. The Bertz CT molecular complexity index is 594. The van der Waals surface area contributed by atoms with E-state index in [4.69, 9.17) is 9.47 Å². The second kappa shape index (κ2) is 5.65. The lowest BCUT2D eigenvalue weighted by Gasteiger charge is -2.30. The molecule has 3 rings (SSSR count). The Morgan fingerprint density at radius 3 is 2.90 bits per heavy atom. The van der Waals surface area contributed by atoms with E-state index in [0.717, 1.165) is 23.3 Å². The fourth-order valence-electron chi connectivity index (χ4n) is 2.69. The molecule has 1 aliphatic heterocycles. The van der Waals surface area contributed by atoms with Crippen molar-refractivity contribution >= 4 is 0 Å². The van der Waals surface area contributed by atoms with Gasteiger partial charge in [0.2, 0.25) is 0 Å². The maximum absolute atomic E-state index is 10.6. The normalized spacial score (nSPS) is 19.2. The molecule has 1 N–H and O–H groups in total. The number of aliphatic hydroxyl groups excluding tert-OH is 1. The van der Waals surface area contributed by atoms with E-state index in [-0.39, 0.29) is 6.10 Å². The molecule has 104 valence electrons. The Labute approximate surface area is 118 Å². The number of hydrogen-bond acceptors (Lipinski definition) is 3. The molecule has 1 heterocycles. The number of aliphatic hydroxyl groups is 1. The summed E-state index contributed by atoms with van der Waals surface area (Å²) in [6, 6.07) is 15.6. The van der Waals surface area contributed by atoms with Crippen LogP contribution in [0.2, 0.25) is 0 Å². The first kappa shape index (κ1) is 13.2. The predicted octanol–water partition coefficient (Wildman–Crippen LogP) is 3.04. The van der Waals surface area contributed by atoms with Gasteiger partial charge < -0.3 is 14.6 Å². The number of methoxy groups -OCH3 is 1. The molecule has 0 amide bonds. The van der Waals surface area contributed by atoms with Crippen LogP contribution >= 0.6 is 0 Å². The fraction of sp³-hybridized carbons (Fsp3) is 0.294. The maximum atomic E-state index is 10.6. The van der Waals surface area contributed by atoms with Crippen LogP contribution < -0.4 is 4.74 Å². The van der Waals surface area contributed by atoms with Crippen LogP contribution in [0.3, 0.4) is 0 Å². The van der Waals surface area contributed by atoms with Crippen LogP contribution in [0.4, 0.5) is 0 Å². The molecule has 0 saturated heterocycles. The smallest absolute Gasteiger partial charge is 0.119 e. The van der Waals surface area contributed by atoms with E-state index >= 15 is 0 Å². The molecule has 1 aliphatic rings. The molecule has 0 radical (unpaired) electrons. The summed E-state index contributed by atoms with van der Waals surface area (Å²) in [5.41, 5.74) is 3.14. The maximum Gasteiger partial charge on any atom is 0.119 e. The zero-order valence-electron chi connectivity index (χ0n) is 11.5. The highest BCUT2D eigenvalue weighted by Gasteiger charge is 2.28. The average molecular weight is 270 g/mol. The molecule has 3 heteroatoms. The Morgan fingerprint density at radius 2 is 2.05 bits per heavy atom. The van der Waals surface area contributed by atoms with E-state index in [1.165, 1.54) is 5.56 Å². The summed E-state index contributed by atoms with van der Waals surface area (Å²) in [4.78, 5) is 0. The molecule has 0 bridgehead atoms. The van der Waals surface area contributed by atoms with Gasteiger partial charge in [0.25, 0.3) is 0 Å². The van der Waals surface area contributed by atoms with Crippen molar-refractivity contribution in [2.75, 3.05) is 13.7 Å². The molecule has 0 spiro atoms. The molecular weight excluding hydrogens is 252 g/mol. The molecule has 2 atom stereocenters. The zero-order valence-corrected chi connectivity index (χ0v) is 11.5. The van der Waals surface area contributed by atoms with Crippen molar-refractivity contribution in [3.8, 4) is 5.75 Å². The molecule has 0 fully saturated rings. The molecule has 0 aromatic heterocycles. The number of ether oxygens (including phenoxy) is 2. The van der Waals surface area contributed by atoms with Crippen molar-refractivity contribution in [1.29, 1.82) is 0 Å². The highest BCUT2D eigenvalue weighted by molar-refractivity contribution is 5.35. The third-order valence-corrected chi connectivity index (χ3v) is 3.75. The molecular formula is C17H18O3. The van der Waals surface area contributed by atoms with Gasteiger partial charge in [-0.2, -0.15) is 0 Å². The third kappa shape index (κ3) is 2.42. The van der Waals surface area contributed by atoms with E-state index in [2.05, 4.69) is 6.07 Å². The Morgan fingerprint density at radius 1 is 1.20 bits per heavy atom. The van der Waals surface area contributed by atoms with Crippen LogP contribution in [0.5, 0.6) is 5.75 Å². The van der Waals surface area contributed by atoms with Crippen LogP contribution in [0, 0.1) is 0 Å². The van der Waals surface area contributed by atoms with Crippen LogP contribution in [0.15, 0.2) is 48.5 Å².